The predicted molar refractivity (Wildman–Crippen MR) is 74.4 cm³/mol. The summed E-state index contributed by atoms with van der Waals surface area (Å²) in [5.41, 5.74) is 3.08. The zero-order valence-electron chi connectivity index (χ0n) is 11.0. The Morgan fingerprint density at radius 2 is 2.05 bits per heavy atom. The van der Waals surface area contributed by atoms with Gasteiger partial charge in [0.15, 0.2) is 5.69 Å². The van der Waals surface area contributed by atoms with Gasteiger partial charge in [-0.05, 0) is 11.6 Å². The van der Waals surface area contributed by atoms with Crippen LogP contribution in [0.15, 0.2) is 48.9 Å². The summed E-state index contributed by atoms with van der Waals surface area (Å²) in [6.45, 7) is 0.696. The van der Waals surface area contributed by atoms with E-state index in [-0.39, 0.29) is 5.69 Å². The third-order valence-corrected chi connectivity index (χ3v) is 3.10. The number of esters is 1. The number of aromatic nitrogens is 3. The molecule has 2 heterocycles. The van der Waals surface area contributed by atoms with Gasteiger partial charge in [-0.15, -0.1) is 0 Å². The summed E-state index contributed by atoms with van der Waals surface area (Å²) in [4.78, 5) is 19.9. The number of nitrogens with zero attached hydrogens (tertiary/aromatic N) is 3. The lowest BCUT2D eigenvalue weighted by Gasteiger charge is -2.05. The average Bonchev–Trinajstić information content (AvgIpc) is 2.90. The number of ether oxygens (including phenoxy) is 1. The highest BCUT2D eigenvalue weighted by Crippen LogP contribution is 2.15. The number of benzene rings is 1. The first-order valence-corrected chi connectivity index (χ1v) is 6.21. The minimum absolute atomic E-state index is 0.287. The van der Waals surface area contributed by atoms with Gasteiger partial charge in [0.25, 0.3) is 0 Å². The molecule has 3 rings (SSSR count). The van der Waals surface area contributed by atoms with Crippen LogP contribution in [-0.4, -0.2) is 27.6 Å². The maximum absolute atomic E-state index is 11.5. The predicted octanol–water partition coefficient (Wildman–Crippen LogP) is 2.27. The van der Waals surface area contributed by atoms with Gasteiger partial charge >= 0.3 is 5.97 Å². The van der Waals surface area contributed by atoms with Crippen molar-refractivity contribution in [2.45, 2.75) is 6.54 Å². The molecule has 0 bridgehead atoms. The zero-order chi connectivity index (χ0) is 13.9. The summed E-state index contributed by atoms with van der Waals surface area (Å²) in [5, 5.41) is 0. The smallest absolute Gasteiger partial charge is 0.356 e. The van der Waals surface area contributed by atoms with E-state index in [1.54, 1.807) is 18.6 Å². The molecule has 0 aliphatic rings. The van der Waals surface area contributed by atoms with E-state index in [9.17, 15) is 4.79 Å². The first-order valence-electron chi connectivity index (χ1n) is 6.21. The number of rotatable bonds is 3. The molecule has 0 fully saturated rings. The Morgan fingerprint density at radius 3 is 2.80 bits per heavy atom. The molecule has 0 amide bonds. The van der Waals surface area contributed by atoms with Crippen molar-refractivity contribution in [1.29, 1.82) is 0 Å². The molecular formula is C15H13N3O2. The summed E-state index contributed by atoms with van der Waals surface area (Å²) in [7, 11) is 1.34. The van der Waals surface area contributed by atoms with Gasteiger partial charge in [-0.3, -0.25) is 0 Å². The van der Waals surface area contributed by atoms with E-state index in [1.165, 1.54) is 12.7 Å². The summed E-state index contributed by atoms with van der Waals surface area (Å²) in [5.74, 6) is -0.445. The van der Waals surface area contributed by atoms with E-state index < -0.39 is 5.97 Å². The van der Waals surface area contributed by atoms with Crippen molar-refractivity contribution >= 4 is 17.0 Å². The van der Waals surface area contributed by atoms with Crippen LogP contribution >= 0.6 is 0 Å². The molecule has 0 radical (unpaired) electrons. The molecular weight excluding hydrogens is 254 g/mol. The molecule has 100 valence electrons. The van der Waals surface area contributed by atoms with Crippen LogP contribution in [0.4, 0.5) is 0 Å². The standard InChI is InChI=1S/C15H13N3O2/c1-20-15(19)12-7-14-13(8-16-12)17-10-18(14)9-11-5-3-2-4-6-11/h2-8,10H,9H2,1H3. The van der Waals surface area contributed by atoms with E-state index in [0.717, 1.165) is 11.0 Å². The van der Waals surface area contributed by atoms with Crippen LogP contribution in [0.1, 0.15) is 16.1 Å². The fourth-order valence-electron chi connectivity index (χ4n) is 2.08. The summed E-state index contributed by atoms with van der Waals surface area (Å²) >= 11 is 0. The number of fused-ring (bicyclic) bond motifs is 1. The van der Waals surface area contributed by atoms with Crippen molar-refractivity contribution in [3.63, 3.8) is 0 Å². The third kappa shape index (κ3) is 2.25. The second-order valence-electron chi connectivity index (χ2n) is 4.41. The highest BCUT2D eigenvalue weighted by molar-refractivity contribution is 5.91. The van der Waals surface area contributed by atoms with Crippen molar-refractivity contribution in [3.05, 3.63) is 60.2 Å². The number of carbonyl (C=O) groups excluding carboxylic acids is 1. The monoisotopic (exact) mass is 267 g/mol. The molecule has 0 saturated carbocycles. The second-order valence-corrected chi connectivity index (χ2v) is 4.41. The fourth-order valence-corrected chi connectivity index (χ4v) is 2.08. The molecule has 5 nitrogen and oxygen atoms in total. The Balaban J connectivity index is 2.01. The third-order valence-electron chi connectivity index (χ3n) is 3.10. The SMILES string of the molecule is COC(=O)c1cc2c(cn1)ncn2Cc1ccccc1. The number of carbonyl (C=O) groups is 1. The van der Waals surface area contributed by atoms with E-state index in [0.29, 0.717) is 6.54 Å². The summed E-state index contributed by atoms with van der Waals surface area (Å²) in [6, 6.07) is 11.8. The Morgan fingerprint density at radius 1 is 1.25 bits per heavy atom. The van der Waals surface area contributed by atoms with Crippen LogP contribution in [0.3, 0.4) is 0 Å². The molecule has 1 aromatic carbocycles. The first kappa shape index (κ1) is 12.3. The van der Waals surface area contributed by atoms with Crippen LogP contribution in [0.2, 0.25) is 0 Å². The van der Waals surface area contributed by atoms with Gasteiger partial charge in [0.1, 0.15) is 5.52 Å². The van der Waals surface area contributed by atoms with Gasteiger partial charge in [0.05, 0.1) is 25.2 Å². The Hall–Kier alpha value is -2.69. The van der Waals surface area contributed by atoms with Crippen molar-refractivity contribution < 1.29 is 9.53 Å². The molecule has 0 spiro atoms. The van der Waals surface area contributed by atoms with Crippen molar-refractivity contribution in [2.75, 3.05) is 7.11 Å². The quantitative estimate of drug-likeness (QED) is 0.683. The molecule has 0 saturated heterocycles. The zero-order valence-corrected chi connectivity index (χ0v) is 11.0. The first-order chi connectivity index (χ1) is 9.78. The van der Waals surface area contributed by atoms with Crippen LogP contribution < -0.4 is 0 Å². The minimum atomic E-state index is -0.445. The van der Waals surface area contributed by atoms with E-state index in [2.05, 4.69) is 14.7 Å². The van der Waals surface area contributed by atoms with E-state index in [4.69, 9.17) is 0 Å². The summed E-state index contributed by atoms with van der Waals surface area (Å²) in [6.07, 6.45) is 3.34. The maximum Gasteiger partial charge on any atom is 0.356 e. The molecule has 0 aliphatic carbocycles. The fraction of sp³-hybridized carbons (Fsp3) is 0.133. The highest BCUT2D eigenvalue weighted by atomic mass is 16.5. The largest absolute Gasteiger partial charge is 0.464 e. The molecule has 0 N–H and O–H groups in total. The topological polar surface area (TPSA) is 57.0 Å². The number of pyridine rings is 1. The Labute approximate surface area is 115 Å². The van der Waals surface area contributed by atoms with Gasteiger partial charge in [-0.2, -0.15) is 0 Å². The number of hydrogen-bond acceptors (Lipinski definition) is 4. The molecule has 5 heteroatoms. The Bertz CT molecular complexity index is 750. The second kappa shape index (κ2) is 5.13. The van der Waals surface area contributed by atoms with Gasteiger partial charge < -0.3 is 9.30 Å². The van der Waals surface area contributed by atoms with Gasteiger partial charge in [-0.25, -0.2) is 14.8 Å². The number of imidazole rings is 1. The molecule has 0 unspecified atom stereocenters. The minimum Gasteiger partial charge on any atom is -0.464 e. The van der Waals surface area contributed by atoms with Crippen LogP contribution in [0.25, 0.3) is 11.0 Å². The molecule has 0 atom stereocenters. The lowest BCUT2D eigenvalue weighted by Crippen LogP contribution is -2.05. The molecule has 0 aliphatic heterocycles. The Kier molecular flexibility index (Phi) is 3.16. The average molecular weight is 267 g/mol. The van der Waals surface area contributed by atoms with Gasteiger partial charge in [0, 0.05) is 6.54 Å². The number of methoxy groups -OCH3 is 1. The van der Waals surface area contributed by atoms with Crippen molar-refractivity contribution in [1.82, 2.24) is 14.5 Å². The normalized spacial score (nSPS) is 10.7. The molecule has 20 heavy (non-hydrogen) atoms. The van der Waals surface area contributed by atoms with E-state index >= 15 is 0 Å². The maximum atomic E-state index is 11.5. The molecule has 2 aromatic heterocycles. The molecule has 3 aromatic rings. The van der Waals surface area contributed by atoms with Gasteiger partial charge in [0.2, 0.25) is 0 Å². The van der Waals surface area contributed by atoms with Crippen molar-refractivity contribution in [2.24, 2.45) is 0 Å². The lowest BCUT2D eigenvalue weighted by atomic mass is 10.2. The summed E-state index contributed by atoms with van der Waals surface area (Å²) < 4.78 is 6.67. The van der Waals surface area contributed by atoms with Gasteiger partial charge in [-0.1, -0.05) is 30.3 Å². The highest BCUT2D eigenvalue weighted by Gasteiger charge is 2.11. The van der Waals surface area contributed by atoms with Crippen LogP contribution in [-0.2, 0) is 11.3 Å². The number of hydrogen-bond donors (Lipinski definition) is 0. The van der Waals surface area contributed by atoms with Crippen LogP contribution in [0.5, 0.6) is 0 Å². The van der Waals surface area contributed by atoms with Crippen molar-refractivity contribution in [3.8, 4) is 0 Å². The lowest BCUT2D eigenvalue weighted by molar-refractivity contribution is 0.0594. The van der Waals surface area contributed by atoms with E-state index in [1.807, 2.05) is 34.9 Å². The van der Waals surface area contributed by atoms with Crippen LogP contribution in [0, 0.1) is 0 Å².